The fraction of sp³-hybridized carbons (Fsp3) is 0.250. The molecular formula is C20H21ClN2O. The van der Waals surface area contributed by atoms with Crippen LogP contribution in [0.25, 0.3) is 5.57 Å². The van der Waals surface area contributed by atoms with Crippen LogP contribution in [0.4, 0.5) is 0 Å². The van der Waals surface area contributed by atoms with E-state index in [1.807, 2.05) is 30.3 Å². The molecule has 1 heterocycles. The van der Waals surface area contributed by atoms with Crippen LogP contribution in [-0.4, -0.2) is 30.4 Å². The summed E-state index contributed by atoms with van der Waals surface area (Å²) in [5, 5.41) is 3.67. The molecule has 124 valence electrons. The Morgan fingerprint density at radius 3 is 2.50 bits per heavy atom. The van der Waals surface area contributed by atoms with Crippen molar-refractivity contribution in [3.8, 4) is 0 Å². The van der Waals surface area contributed by atoms with E-state index in [9.17, 15) is 4.79 Å². The maximum absolute atomic E-state index is 12.1. The molecular weight excluding hydrogens is 320 g/mol. The van der Waals surface area contributed by atoms with Crippen molar-refractivity contribution in [1.82, 2.24) is 10.2 Å². The number of nitrogens with one attached hydrogen (secondary N) is 1. The van der Waals surface area contributed by atoms with E-state index in [0.717, 1.165) is 25.1 Å². The predicted molar refractivity (Wildman–Crippen MR) is 98.8 cm³/mol. The summed E-state index contributed by atoms with van der Waals surface area (Å²) < 4.78 is 0. The number of benzene rings is 2. The average Bonchev–Trinajstić information content (AvgIpc) is 2.63. The summed E-state index contributed by atoms with van der Waals surface area (Å²) in [4.78, 5) is 14.3. The van der Waals surface area contributed by atoms with Crippen molar-refractivity contribution >= 4 is 23.1 Å². The van der Waals surface area contributed by atoms with Gasteiger partial charge in [0.2, 0.25) is 5.91 Å². The minimum atomic E-state index is 0.0570. The first-order valence-electron chi connectivity index (χ1n) is 8.18. The monoisotopic (exact) mass is 340 g/mol. The number of rotatable bonds is 5. The highest BCUT2D eigenvalue weighted by atomic mass is 35.5. The van der Waals surface area contributed by atoms with Gasteiger partial charge in [-0.05, 0) is 35.3 Å². The number of halogens is 1. The number of hydrogen-bond donors (Lipinski definition) is 1. The molecule has 0 saturated carbocycles. The first-order chi connectivity index (χ1) is 11.7. The van der Waals surface area contributed by atoms with Gasteiger partial charge in [-0.25, -0.2) is 0 Å². The van der Waals surface area contributed by atoms with Crippen LogP contribution in [-0.2, 0) is 11.3 Å². The van der Waals surface area contributed by atoms with Crippen LogP contribution < -0.4 is 5.32 Å². The second-order valence-electron chi connectivity index (χ2n) is 5.98. The quantitative estimate of drug-likeness (QED) is 0.899. The third-order valence-electron chi connectivity index (χ3n) is 4.21. The highest BCUT2D eigenvalue weighted by Gasteiger charge is 2.15. The second kappa shape index (κ2) is 8.13. The van der Waals surface area contributed by atoms with Gasteiger partial charge in [0.15, 0.2) is 0 Å². The number of carbonyl (C=O) groups excluding carboxylic acids is 1. The Morgan fingerprint density at radius 2 is 1.83 bits per heavy atom. The Morgan fingerprint density at radius 1 is 1.08 bits per heavy atom. The smallest absolute Gasteiger partial charge is 0.234 e. The molecule has 1 N–H and O–H groups in total. The lowest BCUT2D eigenvalue weighted by Crippen LogP contribution is -2.39. The first-order valence-corrected chi connectivity index (χ1v) is 8.56. The fourth-order valence-corrected chi connectivity index (χ4v) is 2.96. The molecule has 3 rings (SSSR count). The molecule has 0 spiro atoms. The average molecular weight is 341 g/mol. The normalized spacial score (nSPS) is 15.0. The number of hydrogen-bond acceptors (Lipinski definition) is 2. The van der Waals surface area contributed by atoms with Crippen molar-refractivity contribution in [2.75, 3.05) is 19.6 Å². The van der Waals surface area contributed by atoms with Crippen LogP contribution in [0, 0.1) is 0 Å². The minimum Gasteiger partial charge on any atom is -0.351 e. The van der Waals surface area contributed by atoms with Gasteiger partial charge in [-0.2, -0.15) is 0 Å². The third-order valence-corrected chi connectivity index (χ3v) is 4.46. The van der Waals surface area contributed by atoms with Crippen molar-refractivity contribution in [3.63, 3.8) is 0 Å². The molecule has 0 aliphatic carbocycles. The summed E-state index contributed by atoms with van der Waals surface area (Å²) >= 11 is 5.86. The van der Waals surface area contributed by atoms with E-state index in [1.54, 1.807) is 0 Å². The standard InChI is InChI=1S/C20H21ClN2O/c21-19-8-6-16(7-9-19)14-22-20(24)15-23-12-10-18(11-13-23)17-4-2-1-3-5-17/h1-10H,11-15H2,(H,22,24). The Balaban J connectivity index is 1.46. The van der Waals surface area contributed by atoms with Crippen LogP contribution in [0.15, 0.2) is 60.7 Å². The summed E-state index contributed by atoms with van der Waals surface area (Å²) in [6.07, 6.45) is 3.21. The van der Waals surface area contributed by atoms with E-state index >= 15 is 0 Å². The molecule has 24 heavy (non-hydrogen) atoms. The molecule has 0 saturated heterocycles. The third kappa shape index (κ3) is 4.70. The van der Waals surface area contributed by atoms with Gasteiger partial charge < -0.3 is 5.32 Å². The first kappa shape index (κ1) is 16.7. The van der Waals surface area contributed by atoms with Crippen LogP contribution in [0.1, 0.15) is 17.5 Å². The van der Waals surface area contributed by atoms with Crippen molar-refractivity contribution in [2.24, 2.45) is 0 Å². The Kier molecular flexibility index (Phi) is 5.68. The van der Waals surface area contributed by atoms with E-state index in [2.05, 4.69) is 40.6 Å². The number of carbonyl (C=O) groups is 1. The second-order valence-corrected chi connectivity index (χ2v) is 6.42. The van der Waals surface area contributed by atoms with Gasteiger partial charge in [0.1, 0.15) is 0 Å². The van der Waals surface area contributed by atoms with E-state index in [-0.39, 0.29) is 5.91 Å². The largest absolute Gasteiger partial charge is 0.351 e. The van der Waals surface area contributed by atoms with Gasteiger partial charge in [0.05, 0.1) is 6.54 Å². The summed E-state index contributed by atoms with van der Waals surface area (Å²) in [6.45, 7) is 2.70. The van der Waals surface area contributed by atoms with E-state index in [1.165, 1.54) is 11.1 Å². The van der Waals surface area contributed by atoms with Crippen molar-refractivity contribution in [1.29, 1.82) is 0 Å². The zero-order chi connectivity index (χ0) is 16.8. The van der Waals surface area contributed by atoms with Crippen molar-refractivity contribution in [2.45, 2.75) is 13.0 Å². The number of amides is 1. The van der Waals surface area contributed by atoms with Crippen LogP contribution >= 0.6 is 11.6 Å². The fourth-order valence-electron chi connectivity index (χ4n) is 2.83. The number of nitrogens with zero attached hydrogens (tertiary/aromatic N) is 1. The molecule has 1 aliphatic rings. The van der Waals surface area contributed by atoms with Crippen LogP contribution in [0.5, 0.6) is 0 Å². The lowest BCUT2D eigenvalue weighted by atomic mass is 10.00. The van der Waals surface area contributed by atoms with Crippen LogP contribution in [0.3, 0.4) is 0 Å². The van der Waals surface area contributed by atoms with Gasteiger partial charge >= 0.3 is 0 Å². The summed E-state index contributed by atoms with van der Waals surface area (Å²) in [7, 11) is 0. The van der Waals surface area contributed by atoms with E-state index in [0.29, 0.717) is 18.1 Å². The highest BCUT2D eigenvalue weighted by molar-refractivity contribution is 6.30. The molecule has 0 atom stereocenters. The molecule has 1 aliphatic heterocycles. The molecule has 3 nitrogen and oxygen atoms in total. The maximum Gasteiger partial charge on any atom is 0.234 e. The predicted octanol–water partition coefficient (Wildman–Crippen LogP) is 3.75. The Labute approximate surface area is 147 Å². The minimum absolute atomic E-state index is 0.0570. The molecule has 0 bridgehead atoms. The Hall–Kier alpha value is -2.10. The molecule has 0 unspecified atom stereocenters. The summed E-state index contributed by atoms with van der Waals surface area (Å²) in [5.74, 6) is 0.0570. The van der Waals surface area contributed by atoms with Gasteiger partial charge in [0.25, 0.3) is 0 Å². The van der Waals surface area contributed by atoms with Crippen molar-refractivity contribution in [3.05, 3.63) is 76.8 Å². The molecule has 2 aromatic carbocycles. The zero-order valence-electron chi connectivity index (χ0n) is 13.5. The van der Waals surface area contributed by atoms with Crippen molar-refractivity contribution < 1.29 is 4.79 Å². The summed E-state index contributed by atoms with van der Waals surface area (Å²) in [5.41, 5.74) is 3.70. The van der Waals surface area contributed by atoms with Gasteiger partial charge in [-0.3, -0.25) is 9.69 Å². The lowest BCUT2D eigenvalue weighted by molar-refractivity contribution is -0.122. The van der Waals surface area contributed by atoms with Gasteiger partial charge in [-0.15, -0.1) is 0 Å². The molecule has 0 fully saturated rings. The molecule has 0 aromatic heterocycles. The molecule has 1 amide bonds. The SMILES string of the molecule is O=C(CN1CC=C(c2ccccc2)CC1)NCc1ccc(Cl)cc1. The highest BCUT2D eigenvalue weighted by Crippen LogP contribution is 2.21. The van der Waals surface area contributed by atoms with Gasteiger partial charge in [0, 0.05) is 24.7 Å². The Bertz CT molecular complexity index is 710. The topological polar surface area (TPSA) is 32.3 Å². The molecule has 0 radical (unpaired) electrons. The molecule has 2 aromatic rings. The van der Waals surface area contributed by atoms with E-state index < -0.39 is 0 Å². The molecule has 4 heteroatoms. The summed E-state index contributed by atoms with van der Waals surface area (Å²) in [6, 6.07) is 18.0. The lowest BCUT2D eigenvalue weighted by Gasteiger charge is -2.25. The maximum atomic E-state index is 12.1. The van der Waals surface area contributed by atoms with Gasteiger partial charge in [-0.1, -0.05) is 60.1 Å². The van der Waals surface area contributed by atoms with Crippen LogP contribution in [0.2, 0.25) is 5.02 Å². The zero-order valence-corrected chi connectivity index (χ0v) is 14.3. The van der Waals surface area contributed by atoms with E-state index in [4.69, 9.17) is 11.6 Å².